The second-order valence-electron chi connectivity index (χ2n) is 5.06. The maximum atomic E-state index is 11.9. The van der Waals surface area contributed by atoms with E-state index in [9.17, 15) is 4.79 Å². The van der Waals surface area contributed by atoms with Gasteiger partial charge in [-0.25, -0.2) is 0 Å². The Balaban J connectivity index is 2.37. The molecule has 0 spiro atoms. The number of hydrogen-bond donors (Lipinski definition) is 1. The maximum Gasteiger partial charge on any atom is 0.228 e. The Morgan fingerprint density at radius 3 is 2.65 bits per heavy atom. The summed E-state index contributed by atoms with van der Waals surface area (Å²) in [6, 6.07) is 6.38. The first-order chi connectivity index (χ1) is 7.99. The molecule has 0 saturated carbocycles. The van der Waals surface area contributed by atoms with Crippen LogP contribution in [0.2, 0.25) is 0 Å². The molecule has 1 atom stereocenters. The van der Waals surface area contributed by atoms with Gasteiger partial charge in [-0.05, 0) is 30.0 Å². The Labute approximate surface area is 108 Å². The minimum Gasteiger partial charge on any atom is -0.311 e. The van der Waals surface area contributed by atoms with Gasteiger partial charge in [0.15, 0.2) is 0 Å². The van der Waals surface area contributed by atoms with Crippen LogP contribution in [0.15, 0.2) is 18.2 Å². The van der Waals surface area contributed by atoms with Crippen LogP contribution >= 0.6 is 12.6 Å². The molecule has 1 unspecified atom stereocenters. The van der Waals surface area contributed by atoms with Crippen molar-refractivity contribution in [1.82, 2.24) is 0 Å². The summed E-state index contributed by atoms with van der Waals surface area (Å²) in [6.07, 6.45) is 0.550. The summed E-state index contributed by atoms with van der Waals surface area (Å²) in [5.41, 5.74) is 3.49. The first-order valence-electron chi connectivity index (χ1n) is 6.08. The zero-order chi connectivity index (χ0) is 12.6. The summed E-state index contributed by atoms with van der Waals surface area (Å²) >= 11 is 4.40. The number of nitrogens with zero attached hydrogens (tertiary/aromatic N) is 1. The molecule has 3 heteroatoms. The lowest BCUT2D eigenvalue weighted by Crippen LogP contribution is -2.25. The van der Waals surface area contributed by atoms with Crippen molar-refractivity contribution < 1.29 is 4.79 Å². The quantitative estimate of drug-likeness (QED) is 0.798. The van der Waals surface area contributed by atoms with E-state index in [0.29, 0.717) is 12.3 Å². The first kappa shape index (κ1) is 12.5. The van der Waals surface area contributed by atoms with Gasteiger partial charge in [0.2, 0.25) is 5.91 Å². The normalized spacial score (nSPS) is 20.4. The van der Waals surface area contributed by atoms with Gasteiger partial charge in [0.1, 0.15) is 0 Å². The number of anilines is 1. The minimum absolute atomic E-state index is 0.171. The largest absolute Gasteiger partial charge is 0.311 e. The molecule has 92 valence electrons. The minimum atomic E-state index is 0.171. The number of amides is 1. The van der Waals surface area contributed by atoms with E-state index in [0.717, 1.165) is 17.8 Å². The van der Waals surface area contributed by atoms with Gasteiger partial charge in [0.05, 0.1) is 0 Å². The molecule has 1 aromatic carbocycles. The molecule has 1 heterocycles. The zero-order valence-corrected chi connectivity index (χ0v) is 11.5. The van der Waals surface area contributed by atoms with Crippen LogP contribution in [0.1, 0.15) is 37.3 Å². The number of benzene rings is 1. The van der Waals surface area contributed by atoms with Crippen molar-refractivity contribution in [3.05, 3.63) is 29.3 Å². The summed E-state index contributed by atoms with van der Waals surface area (Å²) in [4.78, 5) is 13.8. The van der Waals surface area contributed by atoms with Crippen LogP contribution in [-0.2, 0) is 4.79 Å². The van der Waals surface area contributed by atoms with Crippen LogP contribution in [0.3, 0.4) is 0 Å². The molecule has 1 amide bonds. The molecule has 2 rings (SSSR count). The number of rotatable bonds is 2. The molecule has 0 N–H and O–H groups in total. The SMILES string of the molecule is Cc1ccc(C(C)C)cc1N1CC(S)CC1=O. The summed E-state index contributed by atoms with van der Waals surface area (Å²) in [5.74, 6) is 0.674. The van der Waals surface area contributed by atoms with E-state index in [1.165, 1.54) is 5.56 Å². The van der Waals surface area contributed by atoms with Crippen molar-refractivity contribution in [2.75, 3.05) is 11.4 Å². The Morgan fingerprint density at radius 1 is 1.41 bits per heavy atom. The maximum absolute atomic E-state index is 11.9. The van der Waals surface area contributed by atoms with Crippen LogP contribution in [0.4, 0.5) is 5.69 Å². The lowest BCUT2D eigenvalue weighted by atomic mass is 10.0. The highest BCUT2D eigenvalue weighted by atomic mass is 32.1. The predicted octanol–water partition coefficient (Wildman–Crippen LogP) is 3.15. The lowest BCUT2D eigenvalue weighted by Gasteiger charge is -2.20. The zero-order valence-electron chi connectivity index (χ0n) is 10.6. The van der Waals surface area contributed by atoms with Gasteiger partial charge >= 0.3 is 0 Å². The van der Waals surface area contributed by atoms with E-state index in [4.69, 9.17) is 0 Å². The van der Waals surface area contributed by atoms with Crippen LogP contribution in [0, 0.1) is 6.92 Å². The molecule has 0 bridgehead atoms. The highest BCUT2D eigenvalue weighted by molar-refractivity contribution is 7.81. The average molecular weight is 249 g/mol. The fourth-order valence-electron chi connectivity index (χ4n) is 2.20. The van der Waals surface area contributed by atoms with Crippen molar-refractivity contribution in [2.24, 2.45) is 0 Å². The third kappa shape index (κ3) is 2.49. The second kappa shape index (κ2) is 4.73. The summed E-state index contributed by atoms with van der Waals surface area (Å²) in [6.45, 7) is 7.12. The molecular weight excluding hydrogens is 230 g/mol. The van der Waals surface area contributed by atoms with Gasteiger partial charge < -0.3 is 4.90 Å². The first-order valence-corrected chi connectivity index (χ1v) is 6.59. The van der Waals surface area contributed by atoms with E-state index in [1.54, 1.807) is 0 Å². The molecule has 1 aliphatic heterocycles. The topological polar surface area (TPSA) is 20.3 Å². The van der Waals surface area contributed by atoms with Gasteiger partial charge in [-0.3, -0.25) is 4.79 Å². The number of carbonyl (C=O) groups is 1. The molecule has 0 aromatic heterocycles. The summed E-state index contributed by atoms with van der Waals surface area (Å²) in [5, 5.41) is 0.171. The fourth-order valence-corrected chi connectivity index (χ4v) is 2.52. The van der Waals surface area contributed by atoms with Crippen molar-refractivity contribution in [3.63, 3.8) is 0 Å². The Morgan fingerprint density at radius 2 is 2.12 bits per heavy atom. The molecule has 1 fully saturated rings. The van der Waals surface area contributed by atoms with Crippen LogP contribution in [-0.4, -0.2) is 17.7 Å². The van der Waals surface area contributed by atoms with E-state index in [2.05, 4.69) is 51.6 Å². The van der Waals surface area contributed by atoms with E-state index < -0.39 is 0 Å². The van der Waals surface area contributed by atoms with Crippen molar-refractivity contribution in [1.29, 1.82) is 0 Å². The second-order valence-corrected chi connectivity index (χ2v) is 5.79. The van der Waals surface area contributed by atoms with Gasteiger partial charge in [0, 0.05) is 23.9 Å². The number of carbonyl (C=O) groups excluding carboxylic acids is 1. The van der Waals surface area contributed by atoms with Crippen molar-refractivity contribution >= 4 is 24.2 Å². The Kier molecular flexibility index (Phi) is 3.48. The summed E-state index contributed by atoms with van der Waals surface area (Å²) in [7, 11) is 0. The lowest BCUT2D eigenvalue weighted by molar-refractivity contribution is -0.117. The van der Waals surface area contributed by atoms with E-state index in [-0.39, 0.29) is 11.2 Å². The fraction of sp³-hybridized carbons (Fsp3) is 0.500. The van der Waals surface area contributed by atoms with E-state index >= 15 is 0 Å². The molecule has 1 aliphatic rings. The van der Waals surface area contributed by atoms with Crippen LogP contribution in [0.25, 0.3) is 0 Å². The molecule has 2 nitrogen and oxygen atoms in total. The smallest absolute Gasteiger partial charge is 0.228 e. The average Bonchev–Trinajstić information content (AvgIpc) is 2.58. The highest BCUT2D eigenvalue weighted by Gasteiger charge is 2.29. The third-order valence-corrected chi connectivity index (χ3v) is 3.64. The molecular formula is C14H19NOS. The monoisotopic (exact) mass is 249 g/mol. The third-order valence-electron chi connectivity index (χ3n) is 3.30. The highest BCUT2D eigenvalue weighted by Crippen LogP contribution is 2.30. The van der Waals surface area contributed by atoms with Gasteiger partial charge in [-0.2, -0.15) is 12.6 Å². The molecule has 0 radical (unpaired) electrons. The van der Waals surface area contributed by atoms with Gasteiger partial charge in [0.25, 0.3) is 0 Å². The Bertz CT molecular complexity index is 442. The molecule has 1 aromatic rings. The van der Waals surface area contributed by atoms with Crippen LogP contribution in [0.5, 0.6) is 0 Å². The molecule has 17 heavy (non-hydrogen) atoms. The van der Waals surface area contributed by atoms with E-state index in [1.807, 2.05) is 4.90 Å². The number of hydrogen-bond acceptors (Lipinski definition) is 2. The van der Waals surface area contributed by atoms with Gasteiger partial charge in [-0.15, -0.1) is 0 Å². The standard InChI is InChI=1S/C14H19NOS/c1-9(2)11-5-4-10(3)13(6-11)15-8-12(17)7-14(15)16/h4-6,9,12,17H,7-8H2,1-3H3. The summed E-state index contributed by atoms with van der Waals surface area (Å²) < 4.78 is 0. The van der Waals surface area contributed by atoms with Gasteiger partial charge in [-0.1, -0.05) is 26.0 Å². The van der Waals surface area contributed by atoms with Crippen LogP contribution < -0.4 is 4.90 Å². The van der Waals surface area contributed by atoms with Crippen molar-refractivity contribution in [3.8, 4) is 0 Å². The molecule has 1 saturated heterocycles. The van der Waals surface area contributed by atoms with Crippen molar-refractivity contribution in [2.45, 2.75) is 38.4 Å². The number of thiol groups is 1. The number of aryl methyl sites for hydroxylation is 1. The molecule has 0 aliphatic carbocycles. The predicted molar refractivity (Wildman–Crippen MR) is 75.0 cm³/mol. The Hall–Kier alpha value is -0.960.